The van der Waals surface area contributed by atoms with Crippen LogP contribution in [0.4, 0.5) is 13.2 Å². The maximum atomic E-state index is 13.1. The van der Waals surface area contributed by atoms with Crippen molar-refractivity contribution in [3.05, 3.63) is 35.4 Å². The summed E-state index contributed by atoms with van der Waals surface area (Å²) in [5, 5.41) is -1.24. The standard InChI is InChI=1S/C17H20F3NO5S/c1-9(16(23)26-3)10(2)27(24,25)21-15(22)13-8-12(13)11-6-4-5-7-14(11)17(18,19)20/h4-7,9-10,12-13H,8H2,1-3H3,(H,21,22)/t9-,10+,12+,13+/m1/s1. The highest BCUT2D eigenvalue weighted by Crippen LogP contribution is 2.51. The van der Waals surface area contributed by atoms with Crippen molar-refractivity contribution >= 4 is 21.9 Å². The van der Waals surface area contributed by atoms with Crippen molar-refractivity contribution < 1.29 is 35.9 Å². The molecule has 1 aliphatic carbocycles. The third kappa shape index (κ3) is 4.60. The molecule has 0 radical (unpaired) electrons. The van der Waals surface area contributed by atoms with E-state index in [-0.39, 0.29) is 12.0 Å². The number of amides is 1. The second-order valence-electron chi connectivity index (χ2n) is 6.56. The van der Waals surface area contributed by atoms with Crippen LogP contribution in [0, 0.1) is 11.8 Å². The summed E-state index contributed by atoms with van der Waals surface area (Å²) in [7, 11) is -3.07. The third-order valence-corrected chi connectivity index (χ3v) is 6.68. The Bertz CT molecular complexity index is 837. The molecule has 1 aromatic carbocycles. The largest absolute Gasteiger partial charge is 0.469 e. The van der Waals surface area contributed by atoms with Crippen LogP contribution in [0.5, 0.6) is 0 Å². The number of hydrogen-bond acceptors (Lipinski definition) is 5. The number of halogens is 3. The Balaban J connectivity index is 2.11. The number of ether oxygens (including phenoxy) is 1. The van der Waals surface area contributed by atoms with Gasteiger partial charge in [0.1, 0.15) is 0 Å². The van der Waals surface area contributed by atoms with Gasteiger partial charge in [-0.2, -0.15) is 13.2 Å². The molecule has 0 aromatic heterocycles. The second-order valence-corrected chi connectivity index (χ2v) is 8.60. The average Bonchev–Trinajstić information content (AvgIpc) is 3.39. The number of esters is 1. The van der Waals surface area contributed by atoms with Crippen molar-refractivity contribution in [2.45, 2.75) is 37.6 Å². The average molecular weight is 407 g/mol. The molecule has 1 fully saturated rings. The summed E-state index contributed by atoms with van der Waals surface area (Å²) in [5.41, 5.74) is -0.862. The molecule has 0 heterocycles. The van der Waals surface area contributed by atoms with E-state index in [0.29, 0.717) is 0 Å². The van der Waals surface area contributed by atoms with Crippen LogP contribution in [0.3, 0.4) is 0 Å². The van der Waals surface area contributed by atoms with E-state index in [1.165, 1.54) is 32.0 Å². The SMILES string of the molecule is COC(=O)[C@H](C)[C@H](C)S(=O)(=O)NC(=O)[C@H]1C[C@H]1c1ccccc1C(F)(F)F. The monoisotopic (exact) mass is 407 g/mol. The number of nitrogens with one attached hydrogen (secondary N) is 1. The lowest BCUT2D eigenvalue weighted by Crippen LogP contribution is -2.42. The molecule has 0 bridgehead atoms. The molecule has 0 spiro atoms. The van der Waals surface area contributed by atoms with E-state index in [4.69, 9.17) is 0 Å². The zero-order chi connectivity index (χ0) is 20.6. The Morgan fingerprint density at radius 1 is 1.22 bits per heavy atom. The van der Waals surface area contributed by atoms with Gasteiger partial charge in [0.15, 0.2) is 0 Å². The minimum atomic E-state index is -4.56. The molecule has 2 rings (SSSR count). The zero-order valence-corrected chi connectivity index (χ0v) is 15.7. The third-order valence-electron chi connectivity index (χ3n) is 4.80. The molecule has 1 N–H and O–H groups in total. The molecule has 0 unspecified atom stereocenters. The van der Waals surface area contributed by atoms with Gasteiger partial charge in [0.25, 0.3) is 0 Å². The zero-order valence-electron chi connectivity index (χ0n) is 14.9. The fraction of sp³-hybridized carbons (Fsp3) is 0.529. The lowest BCUT2D eigenvalue weighted by molar-refractivity contribution is -0.144. The molecule has 150 valence electrons. The second kappa shape index (κ2) is 7.49. The van der Waals surface area contributed by atoms with Crippen LogP contribution in [0.1, 0.15) is 37.3 Å². The fourth-order valence-corrected chi connectivity index (χ4v) is 4.13. The predicted octanol–water partition coefficient (Wildman–Crippen LogP) is 2.45. The lowest BCUT2D eigenvalue weighted by atomic mass is 10.0. The highest BCUT2D eigenvalue weighted by molar-refractivity contribution is 7.90. The summed E-state index contributed by atoms with van der Waals surface area (Å²) in [6.07, 6.45) is -4.44. The van der Waals surface area contributed by atoms with E-state index < -0.39 is 56.6 Å². The van der Waals surface area contributed by atoms with Crippen molar-refractivity contribution in [2.24, 2.45) is 11.8 Å². The summed E-state index contributed by atoms with van der Waals surface area (Å²) in [6.45, 7) is 2.60. The minimum absolute atomic E-state index is 0.0291. The molecule has 10 heteroatoms. The van der Waals surface area contributed by atoms with Crippen LogP contribution in [0.2, 0.25) is 0 Å². The topological polar surface area (TPSA) is 89.5 Å². The van der Waals surface area contributed by atoms with Gasteiger partial charge in [0, 0.05) is 5.92 Å². The highest BCUT2D eigenvalue weighted by Gasteiger charge is 2.49. The highest BCUT2D eigenvalue weighted by atomic mass is 32.2. The number of hydrogen-bond donors (Lipinski definition) is 1. The number of benzene rings is 1. The Labute approximate surface area is 155 Å². The minimum Gasteiger partial charge on any atom is -0.469 e. The first-order chi connectivity index (χ1) is 12.4. The van der Waals surface area contributed by atoms with Crippen LogP contribution < -0.4 is 4.72 Å². The first-order valence-corrected chi connectivity index (χ1v) is 9.74. The first-order valence-electron chi connectivity index (χ1n) is 8.19. The summed E-state index contributed by atoms with van der Waals surface area (Å²) < 4.78 is 70.2. The maximum Gasteiger partial charge on any atom is 0.416 e. The molecule has 1 amide bonds. The molecule has 4 atom stereocenters. The van der Waals surface area contributed by atoms with Gasteiger partial charge in [0.05, 0.1) is 23.8 Å². The van der Waals surface area contributed by atoms with Crippen molar-refractivity contribution in [3.8, 4) is 0 Å². The first kappa shape index (κ1) is 21.2. The molecule has 27 heavy (non-hydrogen) atoms. The van der Waals surface area contributed by atoms with Gasteiger partial charge in [-0.1, -0.05) is 25.1 Å². The predicted molar refractivity (Wildman–Crippen MR) is 90.0 cm³/mol. The van der Waals surface area contributed by atoms with Crippen molar-refractivity contribution in [2.75, 3.05) is 7.11 Å². The fourth-order valence-electron chi connectivity index (χ4n) is 2.86. The van der Waals surface area contributed by atoms with E-state index in [1.54, 1.807) is 0 Å². The summed E-state index contributed by atoms with van der Waals surface area (Å²) in [4.78, 5) is 23.7. The molecule has 1 aliphatic rings. The van der Waals surface area contributed by atoms with Crippen molar-refractivity contribution in [1.29, 1.82) is 0 Å². The number of carbonyl (C=O) groups is 2. The molecule has 0 aliphatic heterocycles. The number of carbonyl (C=O) groups excluding carboxylic acids is 2. The molecule has 1 aromatic rings. The van der Waals surface area contributed by atoms with Gasteiger partial charge in [-0.25, -0.2) is 8.42 Å². The molecular formula is C17H20F3NO5S. The Hall–Kier alpha value is -2.10. The molecule has 0 saturated heterocycles. The Morgan fingerprint density at radius 3 is 2.37 bits per heavy atom. The van der Waals surface area contributed by atoms with E-state index in [1.807, 2.05) is 4.72 Å². The quantitative estimate of drug-likeness (QED) is 0.732. The van der Waals surface area contributed by atoms with Crippen LogP contribution in [0.25, 0.3) is 0 Å². The van der Waals surface area contributed by atoms with Gasteiger partial charge in [0.2, 0.25) is 15.9 Å². The summed E-state index contributed by atoms with van der Waals surface area (Å²) in [6, 6.07) is 4.91. The van der Waals surface area contributed by atoms with Crippen LogP contribution in [-0.4, -0.2) is 32.7 Å². The van der Waals surface area contributed by atoms with Gasteiger partial charge >= 0.3 is 12.1 Å². The summed E-state index contributed by atoms with van der Waals surface area (Å²) in [5.74, 6) is -4.21. The Morgan fingerprint density at radius 2 is 1.81 bits per heavy atom. The van der Waals surface area contributed by atoms with Crippen molar-refractivity contribution in [3.63, 3.8) is 0 Å². The van der Waals surface area contributed by atoms with Crippen molar-refractivity contribution in [1.82, 2.24) is 4.72 Å². The molecule has 6 nitrogen and oxygen atoms in total. The van der Waals surface area contributed by atoms with Crippen LogP contribution in [0.15, 0.2) is 24.3 Å². The van der Waals surface area contributed by atoms with E-state index in [0.717, 1.165) is 13.2 Å². The van der Waals surface area contributed by atoms with Gasteiger partial charge in [-0.3, -0.25) is 14.3 Å². The van der Waals surface area contributed by atoms with Gasteiger partial charge in [-0.15, -0.1) is 0 Å². The maximum absolute atomic E-state index is 13.1. The normalized spacial score (nSPS) is 21.9. The number of rotatable bonds is 6. The van der Waals surface area contributed by atoms with Crippen LogP contribution >= 0.6 is 0 Å². The van der Waals surface area contributed by atoms with E-state index >= 15 is 0 Å². The number of methoxy groups -OCH3 is 1. The smallest absolute Gasteiger partial charge is 0.416 e. The number of alkyl halides is 3. The van der Waals surface area contributed by atoms with E-state index in [2.05, 4.69) is 4.74 Å². The van der Waals surface area contributed by atoms with E-state index in [9.17, 15) is 31.2 Å². The molecule has 1 saturated carbocycles. The Kier molecular flexibility index (Phi) is 5.88. The summed E-state index contributed by atoms with van der Waals surface area (Å²) >= 11 is 0. The number of sulfonamides is 1. The van der Waals surface area contributed by atoms with Gasteiger partial charge in [-0.05, 0) is 30.9 Å². The lowest BCUT2D eigenvalue weighted by Gasteiger charge is -2.18. The van der Waals surface area contributed by atoms with Crippen LogP contribution in [-0.2, 0) is 30.5 Å². The molecular weight excluding hydrogens is 387 g/mol. The van der Waals surface area contributed by atoms with Gasteiger partial charge < -0.3 is 4.74 Å².